The van der Waals surface area contributed by atoms with E-state index in [2.05, 4.69) is 22.9 Å². The zero-order chi connectivity index (χ0) is 12.4. The maximum atomic E-state index is 11.3. The Morgan fingerprint density at radius 3 is 2.94 bits per heavy atom. The van der Waals surface area contributed by atoms with Crippen molar-refractivity contribution < 1.29 is 4.79 Å². The lowest BCUT2D eigenvalue weighted by atomic mass is 9.92. The van der Waals surface area contributed by atoms with Crippen LogP contribution in [0.4, 0.5) is 5.69 Å². The first kappa shape index (κ1) is 11.9. The van der Waals surface area contributed by atoms with Gasteiger partial charge in [0.2, 0.25) is 5.91 Å². The van der Waals surface area contributed by atoms with Crippen molar-refractivity contribution in [1.82, 2.24) is 4.98 Å². The number of hydrogen-bond acceptors (Lipinski definition) is 3. The van der Waals surface area contributed by atoms with Gasteiger partial charge in [0.05, 0.1) is 5.92 Å². The number of aromatic nitrogens is 1. The van der Waals surface area contributed by atoms with E-state index in [0.29, 0.717) is 6.04 Å². The summed E-state index contributed by atoms with van der Waals surface area (Å²) in [7, 11) is 0. The fraction of sp³-hybridized carbons (Fsp3) is 0.538. The van der Waals surface area contributed by atoms with Crippen LogP contribution in [0.25, 0.3) is 0 Å². The van der Waals surface area contributed by atoms with E-state index in [0.717, 1.165) is 30.8 Å². The summed E-state index contributed by atoms with van der Waals surface area (Å²) >= 11 is 0. The fourth-order valence-electron chi connectivity index (χ4n) is 2.41. The molecule has 2 unspecified atom stereocenters. The van der Waals surface area contributed by atoms with Gasteiger partial charge in [-0.15, -0.1) is 0 Å². The molecular weight excluding hydrogens is 214 g/mol. The predicted octanol–water partition coefficient (Wildman–Crippen LogP) is 1.48. The third kappa shape index (κ3) is 2.57. The van der Waals surface area contributed by atoms with E-state index in [-0.39, 0.29) is 11.8 Å². The van der Waals surface area contributed by atoms with Gasteiger partial charge in [-0.2, -0.15) is 0 Å². The van der Waals surface area contributed by atoms with Crippen LogP contribution in [0.2, 0.25) is 0 Å². The van der Waals surface area contributed by atoms with E-state index < -0.39 is 0 Å². The summed E-state index contributed by atoms with van der Waals surface area (Å²) in [6.07, 6.45) is 3.72. The highest BCUT2D eigenvalue weighted by atomic mass is 16.1. The molecule has 0 aromatic carbocycles. The Hall–Kier alpha value is -1.58. The molecule has 0 spiro atoms. The van der Waals surface area contributed by atoms with E-state index >= 15 is 0 Å². The van der Waals surface area contributed by atoms with Crippen molar-refractivity contribution >= 4 is 11.6 Å². The van der Waals surface area contributed by atoms with Gasteiger partial charge in [-0.3, -0.25) is 9.78 Å². The average molecular weight is 233 g/mol. The molecule has 92 valence electrons. The number of pyridine rings is 1. The minimum Gasteiger partial charge on any atom is -0.369 e. The number of rotatable bonds is 2. The highest BCUT2D eigenvalue weighted by molar-refractivity contribution is 5.77. The van der Waals surface area contributed by atoms with E-state index in [4.69, 9.17) is 5.73 Å². The van der Waals surface area contributed by atoms with Crippen LogP contribution in [-0.4, -0.2) is 23.5 Å². The number of hydrogen-bond donors (Lipinski definition) is 1. The molecule has 2 N–H and O–H groups in total. The summed E-state index contributed by atoms with van der Waals surface area (Å²) in [5.74, 6) is -0.215. The Kier molecular flexibility index (Phi) is 3.31. The Bertz CT molecular complexity index is 419. The third-order valence-electron chi connectivity index (χ3n) is 3.50. The Balaban J connectivity index is 2.20. The van der Waals surface area contributed by atoms with Crippen LogP contribution < -0.4 is 10.6 Å². The zero-order valence-corrected chi connectivity index (χ0v) is 10.4. The smallest absolute Gasteiger partial charge is 0.222 e. The quantitative estimate of drug-likeness (QED) is 0.841. The predicted molar refractivity (Wildman–Crippen MR) is 67.7 cm³/mol. The second-order valence-electron chi connectivity index (χ2n) is 4.83. The molecule has 2 heterocycles. The second kappa shape index (κ2) is 4.73. The van der Waals surface area contributed by atoms with Crippen molar-refractivity contribution in [3.63, 3.8) is 0 Å². The topological polar surface area (TPSA) is 59.2 Å². The lowest BCUT2D eigenvalue weighted by Gasteiger charge is -2.38. The lowest BCUT2D eigenvalue weighted by Crippen LogP contribution is -2.45. The van der Waals surface area contributed by atoms with Crippen LogP contribution in [-0.2, 0) is 4.79 Å². The van der Waals surface area contributed by atoms with Crippen LogP contribution >= 0.6 is 0 Å². The van der Waals surface area contributed by atoms with Gasteiger partial charge in [0.15, 0.2) is 0 Å². The number of amides is 1. The standard InChI is InChI=1S/C13H19N3O/c1-9-7-12(5-6-15-9)16-8-11(13(14)17)4-3-10(16)2/h5-7,10-11H,3-4,8H2,1-2H3,(H2,14,17). The first-order valence-corrected chi connectivity index (χ1v) is 6.06. The maximum Gasteiger partial charge on any atom is 0.222 e. The highest BCUT2D eigenvalue weighted by Crippen LogP contribution is 2.27. The lowest BCUT2D eigenvalue weighted by molar-refractivity contribution is -0.122. The number of piperidine rings is 1. The molecule has 1 aliphatic heterocycles. The molecule has 2 atom stereocenters. The average Bonchev–Trinajstić information content (AvgIpc) is 2.29. The normalized spacial score (nSPS) is 24.7. The molecule has 1 fully saturated rings. The van der Waals surface area contributed by atoms with Crippen molar-refractivity contribution in [2.24, 2.45) is 11.7 Å². The monoisotopic (exact) mass is 233 g/mol. The summed E-state index contributed by atoms with van der Waals surface area (Å²) in [5, 5.41) is 0. The van der Waals surface area contributed by atoms with Crippen LogP contribution in [0.5, 0.6) is 0 Å². The first-order valence-electron chi connectivity index (χ1n) is 6.06. The molecule has 1 aliphatic rings. The number of nitrogens with two attached hydrogens (primary N) is 1. The van der Waals surface area contributed by atoms with Crippen LogP contribution in [0.3, 0.4) is 0 Å². The highest BCUT2D eigenvalue weighted by Gasteiger charge is 2.28. The number of nitrogens with zero attached hydrogens (tertiary/aromatic N) is 2. The molecule has 2 rings (SSSR count). The zero-order valence-electron chi connectivity index (χ0n) is 10.4. The van der Waals surface area contributed by atoms with Gasteiger partial charge in [-0.05, 0) is 38.8 Å². The molecule has 0 saturated carbocycles. The van der Waals surface area contributed by atoms with Crippen LogP contribution in [0.15, 0.2) is 18.3 Å². The Morgan fingerprint density at radius 1 is 1.53 bits per heavy atom. The molecule has 1 amide bonds. The van der Waals surface area contributed by atoms with Gasteiger partial charge < -0.3 is 10.6 Å². The molecule has 0 radical (unpaired) electrons. The van der Waals surface area contributed by atoms with Crippen molar-refractivity contribution in [2.45, 2.75) is 32.7 Å². The molecule has 1 saturated heterocycles. The second-order valence-corrected chi connectivity index (χ2v) is 4.83. The minimum atomic E-state index is -0.187. The number of primary amides is 1. The third-order valence-corrected chi connectivity index (χ3v) is 3.50. The minimum absolute atomic E-state index is 0.0281. The number of carbonyl (C=O) groups excluding carboxylic acids is 1. The van der Waals surface area contributed by atoms with E-state index in [1.807, 2.05) is 19.2 Å². The van der Waals surface area contributed by atoms with E-state index in [1.54, 1.807) is 0 Å². The molecule has 1 aromatic heterocycles. The van der Waals surface area contributed by atoms with Gasteiger partial charge in [-0.1, -0.05) is 0 Å². The summed E-state index contributed by atoms with van der Waals surface area (Å²) in [6, 6.07) is 4.50. The maximum absolute atomic E-state index is 11.3. The van der Waals surface area contributed by atoms with Gasteiger partial charge in [0.25, 0.3) is 0 Å². The first-order chi connectivity index (χ1) is 8.08. The largest absolute Gasteiger partial charge is 0.369 e. The molecule has 4 heteroatoms. The number of carbonyl (C=O) groups is 1. The van der Waals surface area contributed by atoms with Crippen LogP contribution in [0.1, 0.15) is 25.5 Å². The van der Waals surface area contributed by atoms with Crippen molar-refractivity contribution in [2.75, 3.05) is 11.4 Å². The van der Waals surface area contributed by atoms with Crippen molar-refractivity contribution in [1.29, 1.82) is 0 Å². The van der Waals surface area contributed by atoms with Crippen molar-refractivity contribution in [3.8, 4) is 0 Å². The molecule has 17 heavy (non-hydrogen) atoms. The van der Waals surface area contributed by atoms with Gasteiger partial charge >= 0.3 is 0 Å². The van der Waals surface area contributed by atoms with Gasteiger partial charge in [0.1, 0.15) is 0 Å². The summed E-state index contributed by atoms with van der Waals surface area (Å²) in [6.45, 7) is 4.89. The molecule has 4 nitrogen and oxygen atoms in total. The molecule has 0 aliphatic carbocycles. The molecular formula is C13H19N3O. The SMILES string of the molecule is Cc1cc(N2CC(C(N)=O)CCC2C)ccn1. The molecule has 0 bridgehead atoms. The fourth-order valence-corrected chi connectivity index (χ4v) is 2.41. The summed E-state index contributed by atoms with van der Waals surface area (Å²) in [4.78, 5) is 17.7. The van der Waals surface area contributed by atoms with Crippen molar-refractivity contribution in [3.05, 3.63) is 24.0 Å². The van der Waals surface area contributed by atoms with E-state index in [9.17, 15) is 4.79 Å². The summed E-state index contributed by atoms with van der Waals surface area (Å²) in [5.41, 5.74) is 7.54. The van der Waals surface area contributed by atoms with Gasteiger partial charge in [-0.25, -0.2) is 0 Å². The number of anilines is 1. The summed E-state index contributed by atoms with van der Waals surface area (Å²) < 4.78 is 0. The van der Waals surface area contributed by atoms with E-state index in [1.165, 1.54) is 0 Å². The number of aryl methyl sites for hydroxylation is 1. The Morgan fingerprint density at radius 2 is 2.29 bits per heavy atom. The van der Waals surface area contributed by atoms with Gasteiger partial charge in [0, 0.05) is 30.2 Å². The Labute approximate surface area is 102 Å². The molecule has 1 aromatic rings. The van der Waals surface area contributed by atoms with Crippen LogP contribution in [0, 0.1) is 12.8 Å².